The minimum atomic E-state index is -0.553. The summed E-state index contributed by atoms with van der Waals surface area (Å²) in [5.41, 5.74) is 1.09. The number of nitrogens with zero attached hydrogens (tertiary/aromatic N) is 2. The summed E-state index contributed by atoms with van der Waals surface area (Å²) < 4.78 is 11.4. The Morgan fingerprint density at radius 2 is 1.89 bits per heavy atom. The first-order valence-corrected chi connectivity index (χ1v) is 9.61. The summed E-state index contributed by atoms with van der Waals surface area (Å²) in [5.74, 6) is 0.705. The molecule has 2 aliphatic rings. The molecule has 28 heavy (non-hydrogen) atoms. The van der Waals surface area contributed by atoms with Gasteiger partial charge < -0.3 is 24.6 Å². The highest BCUT2D eigenvalue weighted by Gasteiger charge is 2.34. The van der Waals surface area contributed by atoms with Gasteiger partial charge in [0.2, 0.25) is 5.91 Å². The van der Waals surface area contributed by atoms with Crippen LogP contribution in [0.25, 0.3) is 0 Å². The summed E-state index contributed by atoms with van der Waals surface area (Å²) in [6, 6.07) is 7.37. The van der Waals surface area contributed by atoms with Crippen LogP contribution < -0.4 is 10.1 Å². The number of hydrogen-bond donors (Lipinski definition) is 1. The Hall–Kier alpha value is -1.83. The molecule has 1 N–H and O–H groups in total. The van der Waals surface area contributed by atoms with E-state index in [1.165, 1.54) is 0 Å². The third-order valence-electron chi connectivity index (χ3n) is 5.14. The zero-order chi connectivity index (χ0) is 19.4. The number of hydrogen-bond acceptors (Lipinski definition) is 5. The van der Waals surface area contributed by atoms with Gasteiger partial charge >= 0.3 is 0 Å². The molecule has 0 aliphatic carbocycles. The number of carbonyl (C=O) groups is 2. The Bertz CT molecular complexity index is 679. The monoisotopic (exact) mass is 411 g/mol. The largest absolute Gasteiger partial charge is 0.481 e. The van der Waals surface area contributed by atoms with Crippen LogP contribution in [0.4, 0.5) is 0 Å². The number of benzene rings is 1. The first-order valence-electron chi connectivity index (χ1n) is 9.61. The van der Waals surface area contributed by atoms with E-state index in [2.05, 4.69) is 5.32 Å². The number of aryl methyl sites for hydroxylation is 1. The summed E-state index contributed by atoms with van der Waals surface area (Å²) in [6.45, 7) is 9.11. The van der Waals surface area contributed by atoms with Gasteiger partial charge in [-0.2, -0.15) is 0 Å². The average Bonchev–Trinajstić information content (AvgIpc) is 2.67. The summed E-state index contributed by atoms with van der Waals surface area (Å²) in [4.78, 5) is 29.0. The molecule has 0 radical (unpaired) electrons. The van der Waals surface area contributed by atoms with Gasteiger partial charge in [-0.1, -0.05) is 12.1 Å². The Morgan fingerprint density at radius 3 is 2.54 bits per heavy atom. The van der Waals surface area contributed by atoms with Gasteiger partial charge in [-0.3, -0.25) is 9.59 Å². The van der Waals surface area contributed by atoms with Crippen LogP contribution in [-0.2, 0) is 14.3 Å². The van der Waals surface area contributed by atoms with Crippen LogP contribution in [0.5, 0.6) is 5.75 Å². The van der Waals surface area contributed by atoms with Crippen LogP contribution >= 0.6 is 12.4 Å². The summed E-state index contributed by atoms with van der Waals surface area (Å²) >= 11 is 0. The maximum Gasteiger partial charge on any atom is 0.263 e. The Morgan fingerprint density at radius 1 is 1.21 bits per heavy atom. The van der Waals surface area contributed by atoms with Gasteiger partial charge in [-0.05, 0) is 38.5 Å². The molecule has 0 aromatic heterocycles. The predicted molar refractivity (Wildman–Crippen MR) is 109 cm³/mol. The van der Waals surface area contributed by atoms with E-state index in [4.69, 9.17) is 9.47 Å². The van der Waals surface area contributed by atoms with E-state index in [1.807, 2.05) is 43.0 Å². The number of piperazine rings is 1. The predicted octanol–water partition coefficient (Wildman–Crippen LogP) is 1.23. The lowest BCUT2D eigenvalue weighted by Crippen LogP contribution is -2.60. The summed E-state index contributed by atoms with van der Waals surface area (Å²) in [7, 11) is 0. The van der Waals surface area contributed by atoms with Gasteiger partial charge in [0.05, 0.1) is 12.7 Å². The van der Waals surface area contributed by atoms with Crippen molar-refractivity contribution in [1.82, 2.24) is 15.1 Å². The standard InChI is InChI=1S/C20H29N3O4.ClH/c1-14-5-4-6-17(13-14)27-16(3)19(24)22-8-10-23(11-9-22)20(25)18-15(2)26-12-7-21-18;/h4-6,13,15-16,18,21H,7-12H2,1-3H3;1H/t15-,16?,18+;/m1./s1. The first kappa shape index (κ1) is 22.5. The molecule has 2 saturated heterocycles. The van der Waals surface area contributed by atoms with Crippen molar-refractivity contribution in [3.05, 3.63) is 29.8 Å². The second-order valence-electron chi connectivity index (χ2n) is 7.23. The van der Waals surface area contributed by atoms with E-state index in [0.29, 0.717) is 45.1 Å². The fraction of sp³-hybridized carbons (Fsp3) is 0.600. The Kier molecular flexibility index (Phi) is 8.10. The Labute approximate surface area is 172 Å². The lowest BCUT2D eigenvalue weighted by molar-refractivity contribution is -0.147. The van der Waals surface area contributed by atoms with E-state index in [1.54, 1.807) is 11.8 Å². The fourth-order valence-electron chi connectivity index (χ4n) is 3.55. The van der Waals surface area contributed by atoms with Crippen molar-refractivity contribution in [1.29, 1.82) is 0 Å². The molecule has 156 valence electrons. The second-order valence-corrected chi connectivity index (χ2v) is 7.23. The molecule has 0 bridgehead atoms. The zero-order valence-corrected chi connectivity index (χ0v) is 17.5. The molecular formula is C20H30ClN3O4. The number of ether oxygens (including phenoxy) is 2. The molecule has 7 nitrogen and oxygen atoms in total. The average molecular weight is 412 g/mol. The number of carbonyl (C=O) groups excluding carboxylic acids is 2. The number of nitrogens with one attached hydrogen (secondary N) is 1. The van der Waals surface area contributed by atoms with Gasteiger partial charge in [-0.25, -0.2) is 0 Å². The first-order chi connectivity index (χ1) is 13.0. The van der Waals surface area contributed by atoms with Gasteiger partial charge in [0.1, 0.15) is 11.8 Å². The van der Waals surface area contributed by atoms with Gasteiger partial charge in [0.25, 0.3) is 5.91 Å². The minimum absolute atomic E-state index is 0. The van der Waals surface area contributed by atoms with E-state index < -0.39 is 6.10 Å². The molecule has 2 fully saturated rings. The number of halogens is 1. The van der Waals surface area contributed by atoms with Crippen molar-refractivity contribution in [2.75, 3.05) is 39.3 Å². The topological polar surface area (TPSA) is 71.1 Å². The highest BCUT2D eigenvalue weighted by atomic mass is 35.5. The van der Waals surface area contributed by atoms with Crippen LogP contribution in [0.15, 0.2) is 24.3 Å². The highest BCUT2D eigenvalue weighted by Crippen LogP contribution is 2.16. The molecule has 2 heterocycles. The second kappa shape index (κ2) is 10.1. The van der Waals surface area contributed by atoms with Crippen molar-refractivity contribution < 1.29 is 19.1 Å². The molecule has 2 aliphatic heterocycles. The molecule has 0 spiro atoms. The number of amides is 2. The SMILES string of the molecule is Cc1cccc(OC(C)C(=O)N2CCN(C(=O)[C@H]3NCCO[C@@H]3C)CC2)c1.Cl. The molecule has 0 saturated carbocycles. The van der Waals surface area contributed by atoms with Gasteiger partial charge in [-0.15, -0.1) is 12.4 Å². The van der Waals surface area contributed by atoms with Gasteiger partial charge in [0, 0.05) is 32.7 Å². The molecule has 3 rings (SSSR count). The van der Waals surface area contributed by atoms with Crippen molar-refractivity contribution in [2.24, 2.45) is 0 Å². The molecule has 1 unspecified atom stereocenters. The van der Waals surface area contributed by atoms with Crippen molar-refractivity contribution in [3.8, 4) is 5.75 Å². The van der Waals surface area contributed by atoms with E-state index in [0.717, 1.165) is 5.56 Å². The maximum absolute atomic E-state index is 12.7. The van der Waals surface area contributed by atoms with Crippen LogP contribution in [0.3, 0.4) is 0 Å². The number of rotatable bonds is 4. The maximum atomic E-state index is 12.7. The third-order valence-corrected chi connectivity index (χ3v) is 5.14. The molecule has 1 aromatic carbocycles. The normalized spacial score (nSPS) is 23.5. The van der Waals surface area contributed by atoms with Crippen LogP contribution in [0.2, 0.25) is 0 Å². The number of morpholine rings is 1. The lowest BCUT2D eigenvalue weighted by atomic mass is 10.1. The van der Waals surface area contributed by atoms with Gasteiger partial charge in [0.15, 0.2) is 6.10 Å². The summed E-state index contributed by atoms with van der Waals surface area (Å²) in [5, 5.41) is 3.23. The van der Waals surface area contributed by atoms with E-state index >= 15 is 0 Å². The van der Waals surface area contributed by atoms with Crippen LogP contribution in [-0.4, -0.2) is 79.2 Å². The molecular weight excluding hydrogens is 382 g/mol. The van der Waals surface area contributed by atoms with Crippen molar-refractivity contribution >= 4 is 24.2 Å². The molecule has 3 atom stereocenters. The van der Waals surface area contributed by atoms with Crippen molar-refractivity contribution in [2.45, 2.75) is 39.0 Å². The van der Waals surface area contributed by atoms with Crippen LogP contribution in [0.1, 0.15) is 19.4 Å². The summed E-state index contributed by atoms with van der Waals surface area (Å²) in [6.07, 6.45) is -0.684. The molecule has 1 aromatic rings. The van der Waals surface area contributed by atoms with E-state index in [9.17, 15) is 9.59 Å². The van der Waals surface area contributed by atoms with E-state index in [-0.39, 0.29) is 36.4 Å². The minimum Gasteiger partial charge on any atom is -0.481 e. The fourth-order valence-corrected chi connectivity index (χ4v) is 3.55. The lowest BCUT2D eigenvalue weighted by Gasteiger charge is -2.39. The van der Waals surface area contributed by atoms with Crippen molar-refractivity contribution in [3.63, 3.8) is 0 Å². The quantitative estimate of drug-likeness (QED) is 0.807. The zero-order valence-electron chi connectivity index (χ0n) is 16.7. The Balaban J connectivity index is 0.00000280. The molecule has 2 amide bonds. The third kappa shape index (κ3) is 5.37. The smallest absolute Gasteiger partial charge is 0.263 e. The highest BCUT2D eigenvalue weighted by molar-refractivity contribution is 5.85. The van der Waals surface area contributed by atoms with Crippen LogP contribution in [0, 0.1) is 6.92 Å². The molecule has 8 heteroatoms.